The zero-order valence-corrected chi connectivity index (χ0v) is 17.4. The van der Waals surface area contributed by atoms with Crippen LogP contribution in [0.1, 0.15) is 19.8 Å². The molecule has 0 radical (unpaired) electrons. The van der Waals surface area contributed by atoms with Gasteiger partial charge in [-0.15, -0.1) is 0 Å². The highest BCUT2D eigenvalue weighted by Crippen LogP contribution is 2.25. The predicted molar refractivity (Wildman–Crippen MR) is 106 cm³/mol. The zero-order chi connectivity index (χ0) is 20.9. The van der Waals surface area contributed by atoms with Gasteiger partial charge >= 0.3 is 6.09 Å². The number of halogens is 2. The van der Waals surface area contributed by atoms with E-state index >= 15 is 0 Å². The van der Waals surface area contributed by atoms with E-state index in [0.717, 1.165) is 12.8 Å². The summed E-state index contributed by atoms with van der Waals surface area (Å²) in [6, 6.07) is 4.34. The van der Waals surface area contributed by atoms with Gasteiger partial charge < -0.3 is 24.2 Å². The molecule has 2 saturated heterocycles. The van der Waals surface area contributed by atoms with E-state index in [1.165, 1.54) is 18.2 Å². The van der Waals surface area contributed by atoms with Gasteiger partial charge in [0.05, 0.1) is 24.8 Å². The topological polar surface area (TPSA) is 71.5 Å². The van der Waals surface area contributed by atoms with Crippen LogP contribution in [0.2, 0.25) is 5.02 Å². The highest BCUT2D eigenvalue weighted by Gasteiger charge is 2.37. The first-order chi connectivity index (χ1) is 13.9. The number of aliphatic hydroxyl groups is 1. The summed E-state index contributed by atoms with van der Waals surface area (Å²) in [4.78, 5) is 15.8. The Bertz CT molecular complexity index is 701. The van der Waals surface area contributed by atoms with Crippen LogP contribution < -0.4 is 4.74 Å². The molecule has 7 nitrogen and oxygen atoms in total. The van der Waals surface area contributed by atoms with E-state index in [9.17, 15) is 14.3 Å². The maximum Gasteiger partial charge on any atom is 0.409 e. The average Bonchev–Trinajstić information content (AvgIpc) is 2.91. The van der Waals surface area contributed by atoms with E-state index in [1.807, 2.05) is 0 Å². The van der Waals surface area contributed by atoms with Gasteiger partial charge in [-0.25, -0.2) is 9.18 Å². The summed E-state index contributed by atoms with van der Waals surface area (Å²) in [5.74, 6) is -0.126. The highest BCUT2D eigenvalue weighted by atomic mass is 35.5. The zero-order valence-electron chi connectivity index (χ0n) is 16.6. The Morgan fingerprint density at radius 1 is 1.38 bits per heavy atom. The van der Waals surface area contributed by atoms with E-state index in [2.05, 4.69) is 4.90 Å². The molecule has 1 unspecified atom stereocenters. The largest absolute Gasteiger partial charge is 0.490 e. The monoisotopic (exact) mass is 430 g/mol. The second-order valence-electron chi connectivity index (χ2n) is 7.53. The van der Waals surface area contributed by atoms with Crippen molar-refractivity contribution in [2.45, 2.75) is 31.4 Å². The van der Waals surface area contributed by atoms with Crippen LogP contribution in [0.15, 0.2) is 18.2 Å². The summed E-state index contributed by atoms with van der Waals surface area (Å²) >= 11 is 5.79. The maximum atomic E-state index is 13.3. The van der Waals surface area contributed by atoms with Crippen LogP contribution in [0.5, 0.6) is 5.75 Å². The van der Waals surface area contributed by atoms with Crippen LogP contribution in [0.4, 0.5) is 9.18 Å². The van der Waals surface area contributed by atoms with Crippen molar-refractivity contribution in [1.82, 2.24) is 9.80 Å². The number of carbonyl (C=O) groups is 1. The quantitative estimate of drug-likeness (QED) is 0.774. The van der Waals surface area contributed by atoms with Gasteiger partial charge in [-0.2, -0.15) is 0 Å². The molecule has 2 heterocycles. The van der Waals surface area contributed by atoms with E-state index in [0.29, 0.717) is 45.1 Å². The molecular weight excluding hydrogens is 403 g/mol. The number of benzene rings is 1. The lowest BCUT2D eigenvalue weighted by Gasteiger charge is -2.39. The number of ether oxygens (including phenoxy) is 3. The van der Waals surface area contributed by atoms with Gasteiger partial charge in [0, 0.05) is 38.3 Å². The first-order valence-corrected chi connectivity index (χ1v) is 10.3. The van der Waals surface area contributed by atoms with Crippen molar-refractivity contribution in [2.24, 2.45) is 0 Å². The van der Waals surface area contributed by atoms with Gasteiger partial charge in [0.15, 0.2) is 0 Å². The third-order valence-corrected chi connectivity index (χ3v) is 5.59. The van der Waals surface area contributed by atoms with Crippen molar-refractivity contribution in [3.63, 3.8) is 0 Å². The highest BCUT2D eigenvalue weighted by molar-refractivity contribution is 6.30. The lowest BCUT2D eigenvalue weighted by atomic mass is 10.00. The maximum absolute atomic E-state index is 13.3. The molecule has 29 heavy (non-hydrogen) atoms. The number of likely N-dealkylation sites (tertiary alicyclic amines) is 1. The normalized spacial score (nSPS) is 24.2. The summed E-state index contributed by atoms with van der Waals surface area (Å²) in [7, 11) is 0. The molecule has 2 fully saturated rings. The van der Waals surface area contributed by atoms with Gasteiger partial charge in [-0.3, -0.25) is 4.90 Å². The van der Waals surface area contributed by atoms with Crippen molar-refractivity contribution < 1.29 is 28.5 Å². The molecule has 9 heteroatoms. The molecule has 0 bridgehead atoms. The molecule has 1 aromatic carbocycles. The van der Waals surface area contributed by atoms with Crippen LogP contribution in [0.25, 0.3) is 0 Å². The number of nitrogens with zero attached hydrogens (tertiary/aromatic N) is 2. The third-order valence-electron chi connectivity index (χ3n) is 5.30. The van der Waals surface area contributed by atoms with Crippen LogP contribution >= 0.6 is 11.6 Å². The second-order valence-corrected chi connectivity index (χ2v) is 7.94. The molecule has 162 valence electrons. The van der Waals surface area contributed by atoms with Crippen LogP contribution in [0.3, 0.4) is 0 Å². The lowest BCUT2D eigenvalue weighted by Crippen LogP contribution is -2.54. The Morgan fingerprint density at radius 2 is 2.14 bits per heavy atom. The number of piperidine rings is 1. The SMILES string of the molecule is CCOC(=O)N1CCC(N2CCOCC(O)(COc3ccc(F)c(Cl)c3)C2)CC1. The predicted octanol–water partition coefficient (Wildman–Crippen LogP) is 2.54. The second kappa shape index (κ2) is 9.93. The molecule has 0 saturated carbocycles. The fourth-order valence-corrected chi connectivity index (χ4v) is 3.93. The van der Waals surface area contributed by atoms with E-state index in [4.69, 9.17) is 25.8 Å². The first kappa shape index (κ1) is 22.1. The number of hydrogen-bond acceptors (Lipinski definition) is 6. The standard InChI is InChI=1S/C20H28ClFN2O5/c1-2-28-19(25)23-7-5-15(6-8-23)24-9-10-27-13-20(26,12-24)14-29-16-3-4-18(22)17(21)11-16/h3-4,11,15,26H,2,5-10,12-14H2,1H3. The van der Waals surface area contributed by atoms with E-state index in [1.54, 1.807) is 11.8 Å². The van der Waals surface area contributed by atoms with E-state index < -0.39 is 11.4 Å². The average molecular weight is 431 g/mol. The third kappa shape index (κ3) is 5.94. The fraction of sp³-hybridized carbons (Fsp3) is 0.650. The number of rotatable bonds is 5. The smallest absolute Gasteiger partial charge is 0.409 e. The van der Waals surface area contributed by atoms with Crippen molar-refractivity contribution in [3.8, 4) is 5.75 Å². The molecule has 2 aliphatic rings. The minimum absolute atomic E-state index is 0.00708. The Balaban J connectivity index is 1.56. The molecule has 1 amide bonds. The fourth-order valence-electron chi connectivity index (χ4n) is 3.76. The molecule has 0 aromatic heterocycles. The van der Waals surface area contributed by atoms with Crippen molar-refractivity contribution in [1.29, 1.82) is 0 Å². The minimum Gasteiger partial charge on any atom is -0.490 e. The number of carbonyl (C=O) groups excluding carboxylic acids is 1. The summed E-state index contributed by atoms with van der Waals surface area (Å²) < 4.78 is 29.7. The van der Waals surface area contributed by atoms with Gasteiger partial charge in [-0.05, 0) is 31.9 Å². The molecule has 2 aliphatic heterocycles. The summed E-state index contributed by atoms with van der Waals surface area (Å²) in [5, 5.41) is 11.0. The summed E-state index contributed by atoms with van der Waals surface area (Å²) in [5.41, 5.74) is -1.20. The number of hydrogen-bond donors (Lipinski definition) is 1. The molecule has 0 aliphatic carbocycles. The molecule has 1 aromatic rings. The Kier molecular flexibility index (Phi) is 7.56. The van der Waals surface area contributed by atoms with Crippen LogP contribution in [-0.2, 0) is 9.47 Å². The number of amides is 1. The van der Waals surface area contributed by atoms with Gasteiger partial charge in [0.1, 0.15) is 23.8 Å². The van der Waals surface area contributed by atoms with Crippen molar-refractivity contribution >= 4 is 17.7 Å². The van der Waals surface area contributed by atoms with Crippen molar-refractivity contribution in [2.75, 3.05) is 52.6 Å². The summed E-state index contributed by atoms with van der Waals surface area (Å²) in [6.45, 7) is 5.20. The Morgan fingerprint density at radius 3 is 2.83 bits per heavy atom. The lowest BCUT2D eigenvalue weighted by molar-refractivity contribution is -0.0688. The number of β-amino-alcohol motifs (C(OH)–C–C–N with tert-alkyl or cyclic N) is 1. The van der Waals surface area contributed by atoms with Crippen LogP contribution in [-0.4, -0.2) is 85.2 Å². The minimum atomic E-state index is -1.20. The first-order valence-electron chi connectivity index (χ1n) is 9.94. The molecule has 1 atom stereocenters. The Hall–Kier alpha value is -1.61. The molecule has 3 rings (SSSR count). The Labute approximate surface area is 175 Å². The van der Waals surface area contributed by atoms with Gasteiger partial charge in [0.25, 0.3) is 0 Å². The molecular formula is C20H28ClFN2O5. The summed E-state index contributed by atoms with van der Waals surface area (Å²) in [6.07, 6.45) is 1.35. The van der Waals surface area contributed by atoms with Crippen molar-refractivity contribution in [3.05, 3.63) is 29.0 Å². The van der Waals surface area contributed by atoms with E-state index in [-0.39, 0.29) is 30.4 Å². The molecule has 1 N–H and O–H groups in total. The van der Waals surface area contributed by atoms with Gasteiger partial charge in [0.2, 0.25) is 0 Å². The molecule has 0 spiro atoms. The van der Waals surface area contributed by atoms with Gasteiger partial charge in [-0.1, -0.05) is 11.6 Å². The van der Waals surface area contributed by atoms with Crippen LogP contribution in [0, 0.1) is 5.82 Å².